The van der Waals surface area contributed by atoms with Gasteiger partial charge in [-0.3, -0.25) is 9.69 Å². The molecule has 1 amide bonds. The van der Waals surface area contributed by atoms with Gasteiger partial charge in [-0.25, -0.2) is 13.5 Å². The molecular formula is C17H19ClF2N4O. The Morgan fingerprint density at radius 1 is 1.28 bits per heavy atom. The normalized spacial score (nSPS) is 15.8. The van der Waals surface area contributed by atoms with Crippen LogP contribution in [0.3, 0.4) is 0 Å². The molecule has 1 saturated heterocycles. The summed E-state index contributed by atoms with van der Waals surface area (Å²) in [5.41, 5.74) is 2.02. The Bertz CT molecular complexity index is 757. The summed E-state index contributed by atoms with van der Waals surface area (Å²) in [4.78, 5) is 16.1. The van der Waals surface area contributed by atoms with E-state index in [0.29, 0.717) is 36.8 Å². The van der Waals surface area contributed by atoms with E-state index in [0.717, 1.165) is 11.4 Å². The lowest BCUT2D eigenvalue weighted by Gasteiger charge is -2.34. The third kappa shape index (κ3) is 3.99. The Morgan fingerprint density at radius 2 is 2.00 bits per heavy atom. The van der Waals surface area contributed by atoms with Crippen molar-refractivity contribution in [3.63, 3.8) is 0 Å². The minimum Gasteiger partial charge on any atom is -0.336 e. The van der Waals surface area contributed by atoms with E-state index in [2.05, 4.69) is 5.10 Å². The number of nitrogens with zero attached hydrogens (tertiary/aromatic N) is 4. The lowest BCUT2D eigenvalue weighted by atomic mass is 10.2. The third-order valence-corrected chi connectivity index (χ3v) is 4.58. The molecule has 0 bridgehead atoms. The molecule has 8 heteroatoms. The molecule has 3 rings (SSSR count). The maximum Gasteiger partial charge on any atom is 0.257 e. The van der Waals surface area contributed by atoms with Gasteiger partial charge in [-0.05, 0) is 25.1 Å². The van der Waals surface area contributed by atoms with Gasteiger partial charge in [0.25, 0.3) is 12.3 Å². The van der Waals surface area contributed by atoms with E-state index in [-0.39, 0.29) is 12.5 Å². The average Bonchev–Trinajstić information content (AvgIpc) is 2.96. The van der Waals surface area contributed by atoms with E-state index < -0.39 is 6.43 Å². The fraction of sp³-hybridized carbons (Fsp3) is 0.412. The van der Waals surface area contributed by atoms with Crippen molar-refractivity contribution in [1.29, 1.82) is 0 Å². The number of alkyl halides is 2. The number of benzene rings is 1. The lowest BCUT2D eigenvalue weighted by molar-refractivity contribution is 0.0458. The maximum atomic E-state index is 12.7. The van der Waals surface area contributed by atoms with Gasteiger partial charge in [0.15, 0.2) is 0 Å². The predicted molar refractivity (Wildman–Crippen MR) is 91.7 cm³/mol. The van der Waals surface area contributed by atoms with Gasteiger partial charge < -0.3 is 4.90 Å². The lowest BCUT2D eigenvalue weighted by Crippen LogP contribution is -2.49. The van der Waals surface area contributed by atoms with Gasteiger partial charge in [0.2, 0.25) is 0 Å². The second-order valence-electron chi connectivity index (χ2n) is 6.02. The minimum atomic E-state index is -2.35. The van der Waals surface area contributed by atoms with E-state index in [9.17, 15) is 13.6 Å². The number of carbonyl (C=O) groups is 1. The van der Waals surface area contributed by atoms with E-state index in [4.69, 9.17) is 11.6 Å². The maximum absolute atomic E-state index is 12.7. The van der Waals surface area contributed by atoms with Crippen LogP contribution in [0.15, 0.2) is 30.5 Å². The second-order valence-corrected chi connectivity index (χ2v) is 6.46. The predicted octanol–water partition coefficient (Wildman–Crippen LogP) is 2.86. The standard InChI is InChI=1S/C17H19ClF2N4O/c1-12-15(10-21-24(12)14-4-2-3-13(18)9-14)17(25)23-7-5-22(6-8-23)11-16(19)20/h2-4,9-10,16H,5-8,11H2,1H3. The number of carbonyl (C=O) groups excluding carboxylic acids is 1. The molecule has 2 aromatic rings. The van der Waals surface area contributed by atoms with Crippen molar-refractivity contribution in [3.8, 4) is 5.69 Å². The van der Waals surface area contributed by atoms with Crippen LogP contribution in [0.4, 0.5) is 8.78 Å². The number of aromatic nitrogens is 2. The topological polar surface area (TPSA) is 41.4 Å². The SMILES string of the molecule is Cc1c(C(=O)N2CCN(CC(F)F)CC2)cnn1-c1cccc(Cl)c1. The first-order valence-corrected chi connectivity index (χ1v) is 8.44. The summed E-state index contributed by atoms with van der Waals surface area (Å²) in [6.07, 6.45) is -0.801. The summed E-state index contributed by atoms with van der Waals surface area (Å²) in [5, 5.41) is 4.89. The summed E-state index contributed by atoms with van der Waals surface area (Å²) in [7, 11) is 0. The van der Waals surface area contributed by atoms with Crippen LogP contribution in [0, 0.1) is 6.92 Å². The molecular weight excluding hydrogens is 350 g/mol. The molecule has 25 heavy (non-hydrogen) atoms. The van der Waals surface area contributed by atoms with E-state index in [1.165, 1.54) is 0 Å². The zero-order chi connectivity index (χ0) is 18.0. The summed E-state index contributed by atoms with van der Waals surface area (Å²) < 4.78 is 26.6. The molecule has 0 N–H and O–H groups in total. The molecule has 1 fully saturated rings. The number of halogens is 3. The molecule has 1 aliphatic heterocycles. The highest BCUT2D eigenvalue weighted by atomic mass is 35.5. The largest absolute Gasteiger partial charge is 0.336 e. The quantitative estimate of drug-likeness (QED) is 0.833. The van der Waals surface area contributed by atoms with Gasteiger partial charge in [0.05, 0.1) is 29.7 Å². The molecule has 1 aromatic heterocycles. The van der Waals surface area contributed by atoms with Crippen molar-refractivity contribution < 1.29 is 13.6 Å². The highest BCUT2D eigenvalue weighted by molar-refractivity contribution is 6.30. The monoisotopic (exact) mass is 368 g/mol. The van der Waals surface area contributed by atoms with Crippen LogP contribution < -0.4 is 0 Å². The van der Waals surface area contributed by atoms with Crippen molar-refractivity contribution in [1.82, 2.24) is 19.6 Å². The van der Waals surface area contributed by atoms with Crippen LogP contribution >= 0.6 is 11.6 Å². The molecule has 0 unspecified atom stereocenters. The fourth-order valence-electron chi connectivity index (χ4n) is 2.99. The molecule has 1 aromatic carbocycles. The van der Waals surface area contributed by atoms with E-state index in [1.54, 1.807) is 32.8 Å². The Balaban J connectivity index is 1.72. The molecule has 0 spiro atoms. The van der Waals surface area contributed by atoms with Crippen LogP contribution in [0.2, 0.25) is 5.02 Å². The fourth-order valence-corrected chi connectivity index (χ4v) is 3.17. The van der Waals surface area contributed by atoms with Crippen molar-refractivity contribution >= 4 is 17.5 Å². The Hall–Kier alpha value is -1.99. The summed E-state index contributed by atoms with van der Waals surface area (Å²) in [5.74, 6) is -0.123. The zero-order valence-electron chi connectivity index (χ0n) is 13.8. The Morgan fingerprint density at radius 3 is 2.64 bits per heavy atom. The number of rotatable bonds is 4. The molecule has 0 saturated carbocycles. The summed E-state index contributed by atoms with van der Waals surface area (Å²) >= 11 is 6.01. The Kier molecular flexibility index (Phi) is 5.34. The third-order valence-electron chi connectivity index (χ3n) is 4.35. The molecule has 2 heterocycles. The Labute approximate surface area is 149 Å². The molecule has 0 aliphatic carbocycles. The minimum absolute atomic E-state index is 0.123. The summed E-state index contributed by atoms with van der Waals surface area (Å²) in [6, 6.07) is 7.24. The van der Waals surface area contributed by atoms with Crippen molar-refractivity contribution in [2.75, 3.05) is 32.7 Å². The number of amides is 1. The molecule has 134 valence electrons. The van der Waals surface area contributed by atoms with Crippen LogP contribution in [-0.2, 0) is 0 Å². The van der Waals surface area contributed by atoms with Gasteiger partial charge in [-0.15, -0.1) is 0 Å². The van der Waals surface area contributed by atoms with Crippen LogP contribution in [0.1, 0.15) is 16.1 Å². The molecule has 0 radical (unpaired) electrons. The molecule has 1 aliphatic rings. The van der Waals surface area contributed by atoms with Crippen LogP contribution in [0.5, 0.6) is 0 Å². The second kappa shape index (κ2) is 7.49. The van der Waals surface area contributed by atoms with E-state index in [1.807, 2.05) is 19.1 Å². The average molecular weight is 369 g/mol. The van der Waals surface area contributed by atoms with Gasteiger partial charge >= 0.3 is 0 Å². The van der Waals surface area contributed by atoms with Crippen LogP contribution in [0.25, 0.3) is 5.69 Å². The van der Waals surface area contributed by atoms with Crippen molar-refractivity contribution in [3.05, 3.63) is 46.7 Å². The van der Waals surface area contributed by atoms with Crippen molar-refractivity contribution in [2.45, 2.75) is 13.3 Å². The molecule has 0 atom stereocenters. The van der Waals surface area contributed by atoms with Crippen LogP contribution in [-0.4, -0.2) is 64.6 Å². The van der Waals surface area contributed by atoms with Gasteiger partial charge in [0.1, 0.15) is 0 Å². The first-order chi connectivity index (χ1) is 12.0. The van der Waals surface area contributed by atoms with Gasteiger partial charge in [-0.2, -0.15) is 5.10 Å². The molecule has 5 nitrogen and oxygen atoms in total. The highest BCUT2D eigenvalue weighted by Crippen LogP contribution is 2.19. The first kappa shape index (κ1) is 17.8. The number of hydrogen-bond donors (Lipinski definition) is 0. The van der Waals surface area contributed by atoms with E-state index >= 15 is 0 Å². The highest BCUT2D eigenvalue weighted by Gasteiger charge is 2.26. The number of hydrogen-bond acceptors (Lipinski definition) is 3. The van der Waals surface area contributed by atoms with Gasteiger partial charge in [0, 0.05) is 31.2 Å². The van der Waals surface area contributed by atoms with Crippen molar-refractivity contribution in [2.24, 2.45) is 0 Å². The van der Waals surface area contributed by atoms with Gasteiger partial charge in [-0.1, -0.05) is 17.7 Å². The smallest absolute Gasteiger partial charge is 0.257 e. The number of piperazine rings is 1. The first-order valence-electron chi connectivity index (χ1n) is 8.06. The zero-order valence-corrected chi connectivity index (χ0v) is 14.6. The summed E-state index contributed by atoms with van der Waals surface area (Å²) in [6.45, 7) is 3.37.